The van der Waals surface area contributed by atoms with Gasteiger partial charge in [0.2, 0.25) is 6.79 Å². The van der Waals surface area contributed by atoms with Gasteiger partial charge in [-0.05, 0) is 37.6 Å². The second-order valence-corrected chi connectivity index (χ2v) is 5.49. The zero-order valence-corrected chi connectivity index (χ0v) is 11.8. The molecule has 0 spiro atoms. The summed E-state index contributed by atoms with van der Waals surface area (Å²) in [7, 11) is 0. The molecule has 1 fully saturated rings. The number of rotatable bonds is 2. The van der Waals surface area contributed by atoms with Crippen molar-refractivity contribution in [1.82, 2.24) is 4.90 Å². The topological polar surface area (TPSA) is 65.1 Å². The summed E-state index contributed by atoms with van der Waals surface area (Å²) in [5.41, 5.74) is 0.158. The molecule has 0 N–H and O–H groups in total. The lowest BCUT2D eigenvalue weighted by molar-refractivity contribution is -0.125. The standard InChI is InChI=1S/C15H15NO5/c1-15(2)8-19-14(18)16(15)13(17)6-4-10-3-5-11-12(7-10)21-9-20-11/h3-7H,8-9H2,1-2H3/b6-4+. The van der Waals surface area contributed by atoms with Crippen molar-refractivity contribution in [1.29, 1.82) is 0 Å². The van der Waals surface area contributed by atoms with Crippen molar-refractivity contribution in [3.8, 4) is 11.5 Å². The summed E-state index contributed by atoms with van der Waals surface area (Å²) in [6.07, 6.45) is 2.37. The van der Waals surface area contributed by atoms with Crippen LogP contribution >= 0.6 is 0 Å². The van der Waals surface area contributed by atoms with Crippen molar-refractivity contribution in [2.45, 2.75) is 19.4 Å². The van der Waals surface area contributed by atoms with Crippen LogP contribution in [0.1, 0.15) is 19.4 Å². The first-order valence-electron chi connectivity index (χ1n) is 6.56. The number of cyclic esters (lactones) is 1. The SMILES string of the molecule is CC1(C)COC(=O)N1C(=O)/C=C/c1ccc2c(c1)OCO2. The molecule has 1 saturated heterocycles. The molecule has 2 heterocycles. The van der Waals surface area contributed by atoms with E-state index in [2.05, 4.69) is 0 Å². The van der Waals surface area contributed by atoms with Gasteiger partial charge in [-0.25, -0.2) is 9.69 Å². The van der Waals surface area contributed by atoms with Gasteiger partial charge in [-0.3, -0.25) is 4.79 Å². The van der Waals surface area contributed by atoms with E-state index in [1.165, 1.54) is 6.08 Å². The Hall–Kier alpha value is -2.50. The molecular formula is C15H15NO5. The van der Waals surface area contributed by atoms with Crippen LogP contribution in [0.3, 0.4) is 0 Å². The molecule has 1 aromatic carbocycles. The maximum Gasteiger partial charge on any atom is 0.417 e. The van der Waals surface area contributed by atoms with E-state index < -0.39 is 17.5 Å². The Kier molecular flexibility index (Phi) is 3.08. The van der Waals surface area contributed by atoms with E-state index in [1.54, 1.807) is 32.1 Å². The van der Waals surface area contributed by atoms with E-state index in [9.17, 15) is 9.59 Å². The Morgan fingerprint density at radius 2 is 2.00 bits per heavy atom. The highest BCUT2D eigenvalue weighted by Crippen LogP contribution is 2.33. The van der Waals surface area contributed by atoms with Crippen LogP contribution in [0.25, 0.3) is 6.08 Å². The fraction of sp³-hybridized carbons (Fsp3) is 0.333. The minimum absolute atomic E-state index is 0.204. The Morgan fingerprint density at radius 1 is 1.24 bits per heavy atom. The Labute approximate surface area is 121 Å². The van der Waals surface area contributed by atoms with Crippen LogP contribution in [-0.2, 0) is 9.53 Å². The summed E-state index contributed by atoms with van der Waals surface area (Å²) < 4.78 is 15.4. The molecule has 6 nitrogen and oxygen atoms in total. The van der Waals surface area contributed by atoms with Gasteiger partial charge in [0.05, 0.1) is 5.54 Å². The lowest BCUT2D eigenvalue weighted by Gasteiger charge is -2.24. The van der Waals surface area contributed by atoms with Crippen LogP contribution in [0.5, 0.6) is 11.5 Å². The lowest BCUT2D eigenvalue weighted by atomic mass is 10.1. The van der Waals surface area contributed by atoms with E-state index in [0.717, 1.165) is 10.5 Å². The average molecular weight is 289 g/mol. The molecule has 0 unspecified atom stereocenters. The van der Waals surface area contributed by atoms with Gasteiger partial charge >= 0.3 is 6.09 Å². The molecule has 0 bridgehead atoms. The number of ether oxygens (including phenoxy) is 3. The molecule has 1 aromatic rings. The fourth-order valence-corrected chi connectivity index (χ4v) is 2.26. The monoisotopic (exact) mass is 289 g/mol. The average Bonchev–Trinajstić information content (AvgIpc) is 3.00. The normalized spacial score (nSPS) is 19.1. The van der Waals surface area contributed by atoms with Crippen molar-refractivity contribution in [2.75, 3.05) is 13.4 Å². The number of amides is 2. The Morgan fingerprint density at radius 3 is 2.71 bits per heavy atom. The van der Waals surface area contributed by atoms with Crippen molar-refractivity contribution in [3.63, 3.8) is 0 Å². The van der Waals surface area contributed by atoms with Gasteiger partial charge in [0.15, 0.2) is 11.5 Å². The van der Waals surface area contributed by atoms with Crippen LogP contribution in [0.2, 0.25) is 0 Å². The van der Waals surface area contributed by atoms with Gasteiger partial charge in [-0.15, -0.1) is 0 Å². The number of imide groups is 1. The molecule has 2 amide bonds. The van der Waals surface area contributed by atoms with Crippen molar-refractivity contribution in [2.24, 2.45) is 0 Å². The highest BCUT2D eigenvalue weighted by atomic mass is 16.7. The van der Waals surface area contributed by atoms with Crippen LogP contribution in [-0.4, -0.2) is 35.8 Å². The molecule has 21 heavy (non-hydrogen) atoms. The summed E-state index contributed by atoms with van der Waals surface area (Å²) in [5, 5.41) is 0. The molecule has 110 valence electrons. The van der Waals surface area contributed by atoms with Gasteiger partial charge in [0, 0.05) is 6.08 Å². The third-order valence-electron chi connectivity index (χ3n) is 3.37. The summed E-state index contributed by atoms with van der Waals surface area (Å²) in [6, 6.07) is 5.37. The van der Waals surface area contributed by atoms with E-state index in [-0.39, 0.29) is 13.4 Å². The molecule has 0 atom stereocenters. The highest BCUT2D eigenvalue weighted by molar-refractivity contribution is 6.02. The molecule has 6 heteroatoms. The number of hydrogen-bond donors (Lipinski definition) is 0. The summed E-state index contributed by atoms with van der Waals surface area (Å²) in [6.45, 7) is 3.97. The maximum absolute atomic E-state index is 12.2. The van der Waals surface area contributed by atoms with Crippen molar-refractivity contribution < 1.29 is 23.8 Å². The zero-order valence-electron chi connectivity index (χ0n) is 11.8. The van der Waals surface area contributed by atoms with Gasteiger partial charge in [-0.1, -0.05) is 6.07 Å². The Bertz CT molecular complexity index is 635. The van der Waals surface area contributed by atoms with E-state index in [0.29, 0.717) is 11.5 Å². The minimum atomic E-state index is -0.632. The summed E-state index contributed by atoms with van der Waals surface area (Å²) in [4.78, 5) is 24.9. The second-order valence-electron chi connectivity index (χ2n) is 5.49. The van der Waals surface area contributed by atoms with Crippen molar-refractivity contribution in [3.05, 3.63) is 29.8 Å². The lowest BCUT2D eigenvalue weighted by Crippen LogP contribution is -2.45. The predicted molar refractivity (Wildman–Crippen MR) is 73.9 cm³/mol. The van der Waals surface area contributed by atoms with E-state index >= 15 is 0 Å². The second kappa shape index (κ2) is 4.80. The summed E-state index contributed by atoms with van der Waals surface area (Å²) >= 11 is 0. The van der Waals surface area contributed by atoms with Gasteiger partial charge in [0.25, 0.3) is 5.91 Å². The quantitative estimate of drug-likeness (QED) is 0.781. The smallest absolute Gasteiger partial charge is 0.417 e. The first-order chi connectivity index (χ1) is 9.97. The maximum atomic E-state index is 12.2. The predicted octanol–water partition coefficient (Wildman–Crippen LogP) is 2.19. The fourth-order valence-electron chi connectivity index (χ4n) is 2.26. The molecule has 2 aliphatic rings. The van der Waals surface area contributed by atoms with Crippen LogP contribution in [0, 0.1) is 0 Å². The molecule has 0 aromatic heterocycles. The van der Waals surface area contributed by atoms with Gasteiger partial charge in [0.1, 0.15) is 6.61 Å². The molecule has 0 aliphatic carbocycles. The third-order valence-corrected chi connectivity index (χ3v) is 3.37. The molecular weight excluding hydrogens is 274 g/mol. The molecule has 3 rings (SSSR count). The number of hydrogen-bond acceptors (Lipinski definition) is 5. The number of nitrogens with zero attached hydrogens (tertiary/aromatic N) is 1. The van der Waals surface area contributed by atoms with Crippen LogP contribution < -0.4 is 9.47 Å². The molecule has 2 aliphatic heterocycles. The largest absolute Gasteiger partial charge is 0.454 e. The summed E-state index contributed by atoms with van der Waals surface area (Å²) in [5.74, 6) is 0.924. The van der Waals surface area contributed by atoms with Crippen LogP contribution in [0.4, 0.5) is 4.79 Å². The van der Waals surface area contributed by atoms with Crippen LogP contribution in [0.15, 0.2) is 24.3 Å². The number of carbonyl (C=O) groups excluding carboxylic acids is 2. The van der Waals surface area contributed by atoms with Gasteiger partial charge < -0.3 is 14.2 Å². The van der Waals surface area contributed by atoms with E-state index in [1.807, 2.05) is 6.07 Å². The highest BCUT2D eigenvalue weighted by Gasteiger charge is 2.43. The third kappa shape index (κ3) is 2.44. The first-order valence-corrected chi connectivity index (χ1v) is 6.56. The number of fused-ring (bicyclic) bond motifs is 1. The van der Waals surface area contributed by atoms with Gasteiger partial charge in [-0.2, -0.15) is 0 Å². The number of benzene rings is 1. The Balaban J connectivity index is 1.77. The zero-order chi connectivity index (χ0) is 15.0. The molecule has 0 radical (unpaired) electrons. The number of carbonyl (C=O) groups is 2. The van der Waals surface area contributed by atoms with E-state index in [4.69, 9.17) is 14.2 Å². The first kappa shape index (κ1) is 13.5. The molecule has 0 saturated carbocycles. The minimum Gasteiger partial charge on any atom is -0.454 e. The van der Waals surface area contributed by atoms with Crippen molar-refractivity contribution >= 4 is 18.1 Å².